The number of aliphatic hydroxyl groups excluding tert-OH is 1. The first kappa shape index (κ1) is 32.3. The highest BCUT2D eigenvalue weighted by molar-refractivity contribution is 7.92. The topological polar surface area (TPSA) is 113 Å². The Morgan fingerprint density at radius 1 is 1.07 bits per heavy atom. The van der Waals surface area contributed by atoms with Crippen LogP contribution in [-0.4, -0.2) is 61.9 Å². The van der Waals surface area contributed by atoms with Crippen LogP contribution in [0, 0.1) is 0 Å². The number of ether oxygens (including phenoxy) is 1. The van der Waals surface area contributed by atoms with Gasteiger partial charge in [0.2, 0.25) is 10.0 Å². The second-order valence-electron chi connectivity index (χ2n) is 11.0. The zero-order valence-electron chi connectivity index (χ0n) is 24.8. The van der Waals surface area contributed by atoms with Crippen LogP contribution in [0.2, 0.25) is 0 Å². The molecule has 0 spiro atoms. The van der Waals surface area contributed by atoms with Crippen LogP contribution >= 0.6 is 0 Å². The molecule has 0 saturated heterocycles. The molecular weight excluding hydrogens is 609 g/mol. The van der Waals surface area contributed by atoms with Crippen molar-refractivity contribution in [1.82, 2.24) is 15.2 Å². The molecule has 1 aromatic heterocycles. The zero-order valence-corrected chi connectivity index (χ0v) is 25.7. The van der Waals surface area contributed by atoms with E-state index in [1.54, 1.807) is 18.2 Å². The molecule has 13 heteroatoms. The van der Waals surface area contributed by atoms with Crippen molar-refractivity contribution in [3.63, 3.8) is 0 Å². The van der Waals surface area contributed by atoms with Gasteiger partial charge in [-0.3, -0.25) is 9.10 Å². The van der Waals surface area contributed by atoms with E-state index in [1.807, 2.05) is 48.0 Å². The Labute approximate surface area is 259 Å². The summed E-state index contributed by atoms with van der Waals surface area (Å²) in [6.07, 6.45) is -3.29. The standard InChI is InChI=1S/C32H35F3N4O5S/c1-3-39-20-23-12-13-45(42,43)38(2)27-16-24(17-28(39)30(23)27)31(41)37-26(15-21-8-5-4-6-9-21)29(40)19-36-18-22-10-7-11-25(14-22)44-32(33,34)35/h4-11,14,16-17,20,26,29,36,40H,3,12-13,15,18-19H2,1-2H3,(H,37,41)/t26-,29+/m0/s1. The van der Waals surface area contributed by atoms with E-state index in [0.29, 0.717) is 30.6 Å². The van der Waals surface area contributed by atoms with Crippen LogP contribution in [0.25, 0.3) is 10.9 Å². The number of nitrogens with one attached hydrogen (secondary N) is 2. The van der Waals surface area contributed by atoms with E-state index in [-0.39, 0.29) is 30.2 Å². The maximum Gasteiger partial charge on any atom is 0.573 e. The van der Waals surface area contributed by atoms with Gasteiger partial charge >= 0.3 is 6.36 Å². The van der Waals surface area contributed by atoms with Gasteiger partial charge in [0.15, 0.2) is 0 Å². The van der Waals surface area contributed by atoms with E-state index in [4.69, 9.17) is 0 Å². The molecule has 3 aromatic carbocycles. The summed E-state index contributed by atoms with van der Waals surface area (Å²) < 4.78 is 70.9. The minimum atomic E-state index is -4.81. The van der Waals surface area contributed by atoms with Crippen LogP contribution < -0.4 is 19.7 Å². The second-order valence-corrected chi connectivity index (χ2v) is 13.1. The fourth-order valence-corrected chi connectivity index (χ4v) is 6.80. The predicted molar refractivity (Wildman–Crippen MR) is 166 cm³/mol. The van der Waals surface area contributed by atoms with Crippen molar-refractivity contribution in [3.05, 3.63) is 95.2 Å². The third kappa shape index (κ3) is 7.60. The maximum absolute atomic E-state index is 13.8. The van der Waals surface area contributed by atoms with Crippen LogP contribution in [-0.2, 0) is 36.0 Å². The van der Waals surface area contributed by atoms with E-state index in [2.05, 4.69) is 15.4 Å². The minimum absolute atomic E-state index is 0.0233. The Morgan fingerprint density at radius 3 is 2.51 bits per heavy atom. The number of halogens is 3. The molecule has 1 aliphatic heterocycles. The summed E-state index contributed by atoms with van der Waals surface area (Å²) in [5, 5.41) is 18.0. The largest absolute Gasteiger partial charge is 0.573 e. The summed E-state index contributed by atoms with van der Waals surface area (Å²) in [5.41, 5.74) is 3.72. The maximum atomic E-state index is 13.8. The molecule has 0 saturated carbocycles. The van der Waals surface area contributed by atoms with Gasteiger partial charge in [-0.2, -0.15) is 0 Å². The summed E-state index contributed by atoms with van der Waals surface area (Å²) in [5.74, 6) is -0.866. The number of carbonyl (C=O) groups excluding carboxylic acids is 1. The fourth-order valence-electron chi connectivity index (χ4n) is 5.61. The van der Waals surface area contributed by atoms with Crippen LogP contribution in [0.5, 0.6) is 5.75 Å². The highest BCUT2D eigenvalue weighted by atomic mass is 32.2. The first-order valence-electron chi connectivity index (χ1n) is 14.5. The molecule has 0 unspecified atom stereocenters. The first-order valence-corrected chi connectivity index (χ1v) is 16.2. The zero-order chi connectivity index (χ0) is 32.4. The Morgan fingerprint density at radius 2 is 1.80 bits per heavy atom. The van der Waals surface area contributed by atoms with Gasteiger partial charge < -0.3 is 25.0 Å². The highest BCUT2D eigenvalue weighted by Crippen LogP contribution is 2.37. The molecule has 1 amide bonds. The van der Waals surface area contributed by atoms with Crippen LogP contribution in [0.15, 0.2) is 72.9 Å². The number of aryl methyl sites for hydroxylation is 2. The molecule has 2 atom stereocenters. The molecule has 0 aliphatic carbocycles. The average Bonchev–Trinajstić information content (AvgIpc) is 3.32. The third-order valence-electron chi connectivity index (χ3n) is 7.92. The van der Waals surface area contributed by atoms with E-state index < -0.39 is 34.4 Å². The van der Waals surface area contributed by atoms with Gasteiger partial charge in [-0.15, -0.1) is 13.2 Å². The van der Waals surface area contributed by atoms with E-state index in [9.17, 15) is 31.5 Å². The van der Waals surface area contributed by atoms with E-state index in [1.165, 1.54) is 29.6 Å². The van der Waals surface area contributed by atoms with E-state index in [0.717, 1.165) is 22.0 Å². The average molecular weight is 645 g/mol. The molecule has 0 radical (unpaired) electrons. The Kier molecular flexibility index (Phi) is 9.42. The van der Waals surface area contributed by atoms with Crippen molar-refractivity contribution in [1.29, 1.82) is 0 Å². The van der Waals surface area contributed by atoms with Crippen molar-refractivity contribution >= 4 is 32.5 Å². The first-order chi connectivity index (χ1) is 21.3. The molecule has 240 valence electrons. The molecule has 0 bridgehead atoms. The summed E-state index contributed by atoms with van der Waals surface area (Å²) in [4.78, 5) is 13.8. The summed E-state index contributed by atoms with van der Waals surface area (Å²) >= 11 is 0. The number of benzene rings is 3. The fraction of sp³-hybridized carbons (Fsp3) is 0.344. The lowest BCUT2D eigenvalue weighted by atomic mass is 9.99. The van der Waals surface area contributed by atoms with Gasteiger partial charge in [0.05, 0.1) is 29.1 Å². The number of nitrogens with zero attached hydrogens (tertiary/aromatic N) is 2. The smallest absolute Gasteiger partial charge is 0.406 e. The highest BCUT2D eigenvalue weighted by Gasteiger charge is 2.32. The number of anilines is 1. The van der Waals surface area contributed by atoms with Gasteiger partial charge in [0.1, 0.15) is 5.75 Å². The SMILES string of the molecule is CCn1cc2c3c(cc(C(=O)N[C@@H](Cc4ccccc4)[C@H](O)CNCc4cccc(OC(F)(F)F)c4)cc31)N(C)S(=O)(=O)CC2. The Balaban J connectivity index is 1.37. The lowest BCUT2D eigenvalue weighted by Gasteiger charge is -2.25. The quantitative estimate of drug-likeness (QED) is 0.224. The number of carbonyl (C=O) groups is 1. The van der Waals surface area contributed by atoms with Crippen molar-refractivity contribution in [2.45, 2.75) is 51.4 Å². The molecule has 2 heterocycles. The molecule has 4 aromatic rings. The van der Waals surface area contributed by atoms with Gasteiger partial charge in [0, 0.05) is 43.8 Å². The second kappa shape index (κ2) is 13.1. The number of rotatable bonds is 11. The lowest BCUT2D eigenvalue weighted by Crippen LogP contribution is -2.48. The van der Waals surface area contributed by atoms with E-state index >= 15 is 0 Å². The Bertz CT molecular complexity index is 1780. The number of amides is 1. The van der Waals surface area contributed by atoms with Crippen molar-refractivity contribution in [2.75, 3.05) is 23.7 Å². The number of sulfonamides is 1. The molecule has 5 rings (SSSR count). The minimum Gasteiger partial charge on any atom is -0.406 e. The molecule has 45 heavy (non-hydrogen) atoms. The molecule has 0 fully saturated rings. The van der Waals surface area contributed by atoms with Gasteiger partial charge in [-0.25, -0.2) is 8.42 Å². The monoisotopic (exact) mass is 644 g/mol. The van der Waals surface area contributed by atoms with Gasteiger partial charge in [-0.1, -0.05) is 42.5 Å². The van der Waals surface area contributed by atoms with Gasteiger partial charge in [-0.05, 0) is 60.7 Å². The molecule has 1 aliphatic rings. The number of hydrogen-bond donors (Lipinski definition) is 3. The lowest BCUT2D eigenvalue weighted by molar-refractivity contribution is -0.274. The van der Waals surface area contributed by atoms with Crippen LogP contribution in [0.4, 0.5) is 18.9 Å². The Hall–Kier alpha value is -4.07. The van der Waals surface area contributed by atoms with Crippen LogP contribution in [0.1, 0.15) is 34.0 Å². The van der Waals surface area contributed by atoms with Crippen LogP contribution in [0.3, 0.4) is 0 Å². The van der Waals surface area contributed by atoms with Crippen molar-refractivity contribution < 1.29 is 36.2 Å². The number of aromatic nitrogens is 1. The summed E-state index contributed by atoms with van der Waals surface area (Å²) in [7, 11) is -2.10. The summed E-state index contributed by atoms with van der Waals surface area (Å²) in [6.45, 7) is 2.77. The molecular formula is C32H35F3N4O5S. The number of aliphatic hydroxyl groups is 1. The van der Waals surface area contributed by atoms with Gasteiger partial charge in [0.25, 0.3) is 5.91 Å². The number of alkyl halides is 3. The van der Waals surface area contributed by atoms with Crippen molar-refractivity contribution in [3.8, 4) is 5.75 Å². The molecule has 3 N–H and O–H groups in total. The number of hydrogen-bond acceptors (Lipinski definition) is 6. The predicted octanol–water partition coefficient (Wildman–Crippen LogP) is 4.37. The molecule has 9 nitrogen and oxygen atoms in total. The third-order valence-corrected chi connectivity index (χ3v) is 9.67. The normalized spacial score (nSPS) is 15.8. The summed E-state index contributed by atoms with van der Waals surface area (Å²) in [6, 6.07) is 17.4. The van der Waals surface area contributed by atoms with Crippen molar-refractivity contribution in [2.24, 2.45) is 0 Å².